The van der Waals surface area contributed by atoms with Crippen LogP contribution in [0.3, 0.4) is 0 Å². The smallest absolute Gasteiger partial charge is 0.347 e. The van der Waals surface area contributed by atoms with Gasteiger partial charge in [-0.05, 0) is 17.5 Å². The number of rotatable bonds is 3. The van der Waals surface area contributed by atoms with Crippen LogP contribution in [0.2, 0.25) is 0 Å². The first-order valence-electron chi connectivity index (χ1n) is 6.35. The molecule has 0 radical (unpaired) electrons. The third-order valence-electron chi connectivity index (χ3n) is 3.14. The fraction of sp³-hybridized carbons (Fsp3) is 0.500. The molecule has 0 bridgehead atoms. The minimum absolute atomic E-state index is 0.0931. The van der Waals surface area contributed by atoms with Gasteiger partial charge in [-0.2, -0.15) is 13.2 Å². The van der Waals surface area contributed by atoms with Crippen molar-refractivity contribution in [3.05, 3.63) is 35.1 Å². The van der Waals surface area contributed by atoms with E-state index in [0.29, 0.717) is 6.07 Å². The molecule has 7 heteroatoms. The first-order valence-corrected chi connectivity index (χ1v) is 6.35. The summed E-state index contributed by atoms with van der Waals surface area (Å²) in [7, 11) is 0. The molecule has 0 spiro atoms. The van der Waals surface area contributed by atoms with Gasteiger partial charge in [-0.25, -0.2) is 4.39 Å². The summed E-state index contributed by atoms with van der Waals surface area (Å²) in [5.74, 6) is -2.49. The van der Waals surface area contributed by atoms with Crippen LogP contribution in [0, 0.1) is 11.2 Å². The molecule has 1 aromatic carbocycles. The monoisotopic (exact) mass is 306 g/mol. The van der Waals surface area contributed by atoms with Gasteiger partial charge in [0.1, 0.15) is 5.82 Å². The fourth-order valence-electron chi connectivity index (χ4n) is 1.79. The lowest BCUT2D eigenvalue weighted by atomic mass is 9.86. The van der Waals surface area contributed by atoms with E-state index >= 15 is 0 Å². The van der Waals surface area contributed by atoms with Crippen LogP contribution in [0.15, 0.2) is 18.2 Å². The molecule has 0 heterocycles. The van der Waals surface area contributed by atoms with Gasteiger partial charge in [-0.1, -0.05) is 26.8 Å². The Morgan fingerprint density at radius 3 is 2.29 bits per heavy atom. The summed E-state index contributed by atoms with van der Waals surface area (Å²) in [5.41, 5.74) is 3.03. The second-order valence-electron chi connectivity index (χ2n) is 5.79. The molecular formula is C14H18F4N2O. The minimum atomic E-state index is -4.85. The second-order valence-corrected chi connectivity index (χ2v) is 5.79. The predicted octanol–water partition coefficient (Wildman–Crippen LogP) is 2.95. The average molecular weight is 306 g/mol. The molecule has 3 nitrogen and oxygen atoms in total. The molecule has 21 heavy (non-hydrogen) atoms. The van der Waals surface area contributed by atoms with Gasteiger partial charge in [-0.15, -0.1) is 0 Å². The second kappa shape index (κ2) is 6.01. The zero-order valence-corrected chi connectivity index (χ0v) is 12.0. The van der Waals surface area contributed by atoms with Crippen LogP contribution >= 0.6 is 0 Å². The Hall–Kier alpha value is -1.63. The van der Waals surface area contributed by atoms with E-state index in [4.69, 9.17) is 5.73 Å². The number of amides is 1. The first kappa shape index (κ1) is 17.4. The van der Waals surface area contributed by atoms with Crippen molar-refractivity contribution in [1.82, 2.24) is 5.32 Å². The molecule has 0 saturated carbocycles. The van der Waals surface area contributed by atoms with E-state index in [-0.39, 0.29) is 6.54 Å². The molecule has 3 N–H and O–H groups in total. The number of alkyl halides is 3. The summed E-state index contributed by atoms with van der Waals surface area (Å²) in [4.78, 5) is 12.0. The molecule has 1 atom stereocenters. The number of carbonyl (C=O) groups is 1. The number of nitrogens with one attached hydrogen (secondary N) is 1. The summed E-state index contributed by atoms with van der Waals surface area (Å²) in [6.07, 6.45) is -4.85. The van der Waals surface area contributed by atoms with E-state index in [1.807, 2.05) is 20.8 Å². The Labute approximate surface area is 120 Å². The summed E-state index contributed by atoms with van der Waals surface area (Å²) < 4.78 is 51.7. The van der Waals surface area contributed by atoms with Gasteiger partial charge in [0.15, 0.2) is 0 Å². The average Bonchev–Trinajstić information content (AvgIpc) is 2.32. The quantitative estimate of drug-likeness (QED) is 0.844. The summed E-state index contributed by atoms with van der Waals surface area (Å²) in [6, 6.07) is 2.11. The highest BCUT2D eigenvalue weighted by Gasteiger charge is 2.36. The van der Waals surface area contributed by atoms with E-state index < -0.39 is 40.5 Å². The molecule has 0 aliphatic carbocycles. The molecule has 1 amide bonds. The zero-order chi connectivity index (χ0) is 16.4. The molecule has 1 unspecified atom stereocenters. The molecule has 1 rings (SSSR count). The normalized spacial score (nSPS) is 13.9. The topological polar surface area (TPSA) is 55.1 Å². The molecule has 0 aliphatic heterocycles. The van der Waals surface area contributed by atoms with E-state index in [1.165, 1.54) is 0 Å². The minimum Gasteiger partial charge on any atom is -0.347 e. The largest absolute Gasteiger partial charge is 0.419 e. The lowest BCUT2D eigenvalue weighted by Crippen LogP contribution is -2.48. The van der Waals surface area contributed by atoms with Crippen molar-refractivity contribution in [3.63, 3.8) is 0 Å². The lowest BCUT2D eigenvalue weighted by Gasteiger charge is -2.30. The Morgan fingerprint density at radius 1 is 1.29 bits per heavy atom. The van der Waals surface area contributed by atoms with E-state index in [0.717, 1.165) is 12.1 Å². The van der Waals surface area contributed by atoms with Crippen molar-refractivity contribution >= 4 is 5.91 Å². The van der Waals surface area contributed by atoms with Crippen LogP contribution in [0.4, 0.5) is 17.6 Å². The van der Waals surface area contributed by atoms with Crippen molar-refractivity contribution in [2.45, 2.75) is 33.0 Å². The third kappa shape index (κ3) is 4.17. The molecule has 0 aliphatic rings. The van der Waals surface area contributed by atoms with Gasteiger partial charge >= 0.3 is 6.18 Å². The molecule has 1 aromatic rings. The number of hydrogen-bond donors (Lipinski definition) is 2. The molecule has 0 saturated heterocycles. The Kier molecular flexibility index (Phi) is 4.99. The van der Waals surface area contributed by atoms with Gasteiger partial charge < -0.3 is 11.1 Å². The van der Waals surface area contributed by atoms with Gasteiger partial charge in [-0.3, -0.25) is 4.79 Å². The van der Waals surface area contributed by atoms with E-state index in [9.17, 15) is 22.4 Å². The number of halogens is 4. The van der Waals surface area contributed by atoms with Crippen LogP contribution in [-0.2, 0) is 6.18 Å². The van der Waals surface area contributed by atoms with Crippen LogP contribution in [-0.4, -0.2) is 18.5 Å². The number of carbonyl (C=O) groups excluding carboxylic acids is 1. The summed E-state index contributed by atoms with van der Waals surface area (Å²) in [6.45, 7) is 5.53. The van der Waals surface area contributed by atoms with Gasteiger partial charge in [0.05, 0.1) is 11.1 Å². The van der Waals surface area contributed by atoms with Gasteiger partial charge in [0, 0.05) is 12.6 Å². The van der Waals surface area contributed by atoms with Crippen molar-refractivity contribution in [1.29, 1.82) is 0 Å². The van der Waals surface area contributed by atoms with E-state index in [1.54, 1.807) is 0 Å². The number of hydrogen-bond acceptors (Lipinski definition) is 2. The third-order valence-corrected chi connectivity index (χ3v) is 3.14. The van der Waals surface area contributed by atoms with Gasteiger partial charge in [0.25, 0.3) is 5.91 Å². The Morgan fingerprint density at radius 2 is 1.86 bits per heavy atom. The molecule has 0 aromatic heterocycles. The Bertz CT molecular complexity index is 521. The van der Waals surface area contributed by atoms with Crippen LogP contribution in [0.5, 0.6) is 0 Å². The lowest BCUT2D eigenvalue weighted by molar-refractivity contribution is -0.140. The molecular weight excluding hydrogens is 288 g/mol. The van der Waals surface area contributed by atoms with Crippen LogP contribution in [0.1, 0.15) is 36.7 Å². The predicted molar refractivity (Wildman–Crippen MR) is 71.2 cm³/mol. The maximum atomic E-state index is 13.9. The highest BCUT2D eigenvalue weighted by atomic mass is 19.4. The zero-order valence-electron chi connectivity index (χ0n) is 12.0. The van der Waals surface area contributed by atoms with Crippen molar-refractivity contribution in [2.24, 2.45) is 11.1 Å². The maximum Gasteiger partial charge on any atom is 0.419 e. The van der Waals surface area contributed by atoms with Gasteiger partial charge in [0.2, 0.25) is 0 Å². The van der Waals surface area contributed by atoms with E-state index in [2.05, 4.69) is 5.32 Å². The highest BCUT2D eigenvalue weighted by molar-refractivity contribution is 5.95. The van der Waals surface area contributed by atoms with Crippen molar-refractivity contribution in [3.8, 4) is 0 Å². The fourth-order valence-corrected chi connectivity index (χ4v) is 1.79. The SMILES string of the molecule is CC(C)(C)C(CN)NC(=O)c1cccc(C(F)(F)F)c1F. The standard InChI is InChI=1S/C14H18F4N2O/c1-13(2,3)10(7-19)20-12(21)8-5-4-6-9(11(8)15)14(16,17)18/h4-6,10H,7,19H2,1-3H3,(H,20,21). The van der Waals surface area contributed by atoms with Crippen LogP contribution in [0.25, 0.3) is 0 Å². The number of nitrogens with two attached hydrogens (primary N) is 1. The maximum absolute atomic E-state index is 13.9. The van der Waals surface area contributed by atoms with Crippen LogP contribution < -0.4 is 11.1 Å². The molecule has 0 fully saturated rings. The number of benzene rings is 1. The molecule has 118 valence electrons. The van der Waals surface area contributed by atoms with Crippen molar-refractivity contribution < 1.29 is 22.4 Å². The summed E-state index contributed by atoms with van der Waals surface area (Å²) >= 11 is 0. The van der Waals surface area contributed by atoms with Crippen molar-refractivity contribution in [2.75, 3.05) is 6.54 Å². The summed E-state index contributed by atoms with van der Waals surface area (Å²) in [5, 5.41) is 2.47. The highest BCUT2D eigenvalue weighted by Crippen LogP contribution is 2.32. The first-order chi connectivity index (χ1) is 9.48. The Balaban J connectivity index is 3.10.